The van der Waals surface area contributed by atoms with E-state index in [0.717, 1.165) is 11.8 Å². The number of aromatic nitrogens is 2. The Morgan fingerprint density at radius 2 is 1.86 bits per heavy atom. The van der Waals surface area contributed by atoms with Crippen molar-refractivity contribution < 1.29 is 23.5 Å². The van der Waals surface area contributed by atoms with Crippen LogP contribution in [-0.2, 0) is 9.59 Å². The molecular formula is C19H26N4O5S. The van der Waals surface area contributed by atoms with Crippen molar-refractivity contribution in [3.05, 3.63) is 18.2 Å². The minimum Gasteiger partial charge on any atom is -0.493 e. The molecule has 1 aromatic carbocycles. The van der Waals surface area contributed by atoms with E-state index in [2.05, 4.69) is 15.5 Å². The lowest BCUT2D eigenvalue weighted by Crippen LogP contribution is -2.46. The van der Waals surface area contributed by atoms with Gasteiger partial charge in [-0.3, -0.25) is 9.59 Å². The van der Waals surface area contributed by atoms with Crippen LogP contribution in [0.25, 0.3) is 11.5 Å². The monoisotopic (exact) mass is 422 g/mol. The zero-order valence-corrected chi connectivity index (χ0v) is 18.3. The second-order valence-corrected chi connectivity index (χ2v) is 8.21. The Kier molecular flexibility index (Phi) is 7.49. The predicted octanol–water partition coefficient (Wildman–Crippen LogP) is 2.22. The van der Waals surface area contributed by atoms with Crippen molar-refractivity contribution in [1.82, 2.24) is 20.4 Å². The van der Waals surface area contributed by atoms with Crippen molar-refractivity contribution >= 4 is 23.6 Å². The van der Waals surface area contributed by atoms with Crippen LogP contribution in [0.5, 0.6) is 11.5 Å². The van der Waals surface area contributed by atoms with Crippen LogP contribution in [0, 0.1) is 0 Å². The summed E-state index contributed by atoms with van der Waals surface area (Å²) in [6.45, 7) is 5.63. The maximum Gasteiger partial charge on any atom is 0.277 e. The van der Waals surface area contributed by atoms with Crippen molar-refractivity contribution in [2.24, 2.45) is 0 Å². The second-order valence-electron chi connectivity index (χ2n) is 7.28. The molecule has 0 aliphatic heterocycles. The van der Waals surface area contributed by atoms with E-state index < -0.39 is 0 Å². The van der Waals surface area contributed by atoms with Crippen LogP contribution in [0.1, 0.15) is 20.8 Å². The summed E-state index contributed by atoms with van der Waals surface area (Å²) in [4.78, 5) is 25.5. The molecular weight excluding hydrogens is 396 g/mol. The third-order valence-corrected chi connectivity index (χ3v) is 4.48. The summed E-state index contributed by atoms with van der Waals surface area (Å²) >= 11 is 1.11. The molecule has 0 saturated carbocycles. The highest BCUT2D eigenvalue weighted by molar-refractivity contribution is 7.99. The van der Waals surface area contributed by atoms with Crippen LogP contribution in [-0.4, -0.2) is 66.0 Å². The number of hydrogen-bond acceptors (Lipinski definition) is 8. The molecule has 158 valence electrons. The lowest BCUT2D eigenvalue weighted by molar-refractivity contribution is -0.133. The standard InChI is InChI=1S/C19H26N4O5S/c1-19(2,3)20-15(24)10-23(4)16(25)11-29-18-22-21-17(28-18)12-7-8-13(26-5)14(9-12)27-6/h7-9H,10-11H2,1-6H3,(H,20,24). The van der Waals surface area contributed by atoms with Crippen LogP contribution >= 0.6 is 11.8 Å². The minimum atomic E-state index is -0.347. The van der Waals surface area contributed by atoms with Gasteiger partial charge in [0.1, 0.15) is 0 Å². The lowest BCUT2D eigenvalue weighted by Gasteiger charge is -2.23. The Labute approximate surface area is 174 Å². The molecule has 0 fully saturated rings. The number of likely N-dealkylation sites (N-methyl/N-ethyl adjacent to an activating group) is 1. The number of carbonyl (C=O) groups excluding carboxylic acids is 2. The van der Waals surface area contributed by atoms with Gasteiger partial charge in [0, 0.05) is 18.2 Å². The van der Waals surface area contributed by atoms with E-state index in [1.54, 1.807) is 39.5 Å². The highest BCUT2D eigenvalue weighted by Gasteiger charge is 2.19. The number of ether oxygens (including phenoxy) is 2. The fourth-order valence-electron chi connectivity index (χ4n) is 2.35. The molecule has 0 aliphatic rings. The Balaban J connectivity index is 1.93. The molecule has 9 nitrogen and oxygen atoms in total. The molecule has 1 N–H and O–H groups in total. The highest BCUT2D eigenvalue weighted by Crippen LogP contribution is 2.32. The number of nitrogens with zero attached hydrogens (tertiary/aromatic N) is 3. The summed E-state index contributed by atoms with van der Waals surface area (Å²) in [6, 6.07) is 5.25. The van der Waals surface area contributed by atoms with Crippen molar-refractivity contribution in [2.75, 3.05) is 33.6 Å². The third-order valence-electron chi connectivity index (χ3n) is 3.68. The molecule has 1 heterocycles. The van der Waals surface area contributed by atoms with Crippen LogP contribution in [0.15, 0.2) is 27.8 Å². The molecule has 2 amide bonds. The average molecular weight is 423 g/mol. The van der Waals surface area contributed by atoms with Crippen molar-refractivity contribution in [2.45, 2.75) is 31.5 Å². The fourth-order valence-corrected chi connectivity index (χ4v) is 3.05. The number of amides is 2. The SMILES string of the molecule is COc1ccc(-c2nnc(SCC(=O)N(C)CC(=O)NC(C)(C)C)o2)cc1OC. The van der Waals surface area contributed by atoms with Gasteiger partial charge in [0.2, 0.25) is 17.7 Å². The molecule has 10 heteroatoms. The van der Waals surface area contributed by atoms with Crippen molar-refractivity contribution in [1.29, 1.82) is 0 Å². The number of benzene rings is 1. The van der Waals surface area contributed by atoms with E-state index in [-0.39, 0.29) is 34.9 Å². The second kappa shape index (κ2) is 9.64. The summed E-state index contributed by atoms with van der Waals surface area (Å²) in [5.74, 6) is 1.08. The van der Waals surface area contributed by atoms with Crippen LogP contribution in [0.2, 0.25) is 0 Å². The van der Waals surface area contributed by atoms with E-state index in [4.69, 9.17) is 13.9 Å². The van der Waals surface area contributed by atoms with Crippen molar-refractivity contribution in [3.8, 4) is 23.0 Å². The topological polar surface area (TPSA) is 107 Å². The molecule has 2 aromatic rings. The summed E-state index contributed by atoms with van der Waals surface area (Å²) in [6.07, 6.45) is 0. The molecule has 0 saturated heterocycles. The van der Waals surface area contributed by atoms with Crippen molar-refractivity contribution in [3.63, 3.8) is 0 Å². The molecule has 0 spiro atoms. The summed E-state index contributed by atoms with van der Waals surface area (Å²) in [5, 5.41) is 11.0. The van der Waals surface area contributed by atoms with Gasteiger partial charge in [0.05, 0.1) is 26.5 Å². The van der Waals surface area contributed by atoms with E-state index in [1.807, 2.05) is 20.8 Å². The van der Waals surface area contributed by atoms with Crippen LogP contribution in [0.4, 0.5) is 0 Å². The number of methoxy groups -OCH3 is 2. The number of rotatable bonds is 8. The zero-order chi connectivity index (χ0) is 21.6. The Morgan fingerprint density at radius 3 is 2.48 bits per heavy atom. The van der Waals surface area contributed by atoms with E-state index >= 15 is 0 Å². The first kappa shape index (κ1) is 22.5. The van der Waals surface area contributed by atoms with Crippen LogP contribution in [0.3, 0.4) is 0 Å². The van der Waals surface area contributed by atoms with Gasteiger partial charge in [-0.2, -0.15) is 0 Å². The highest BCUT2D eigenvalue weighted by atomic mass is 32.2. The van der Waals surface area contributed by atoms with Gasteiger partial charge >= 0.3 is 0 Å². The minimum absolute atomic E-state index is 0.0165. The molecule has 0 radical (unpaired) electrons. The molecule has 29 heavy (non-hydrogen) atoms. The Morgan fingerprint density at radius 1 is 1.17 bits per heavy atom. The van der Waals surface area contributed by atoms with E-state index in [9.17, 15) is 9.59 Å². The molecule has 0 bridgehead atoms. The summed E-state index contributed by atoms with van der Waals surface area (Å²) < 4.78 is 16.1. The Hall–Kier alpha value is -2.75. The maximum absolute atomic E-state index is 12.3. The molecule has 0 unspecified atom stereocenters. The van der Waals surface area contributed by atoms with Gasteiger partial charge in [-0.1, -0.05) is 11.8 Å². The quantitative estimate of drug-likeness (QED) is 0.646. The van der Waals surface area contributed by atoms with E-state index in [1.165, 1.54) is 4.90 Å². The van der Waals surface area contributed by atoms with Gasteiger partial charge in [-0.15, -0.1) is 10.2 Å². The molecule has 0 aliphatic carbocycles. The first-order valence-electron chi connectivity index (χ1n) is 8.86. The van der Waals surface area contributed by atoms with E-state index in [0.29, 0.717) is 23.0 Å². The number of nitrogens with one attached hydrogen (secondary N) is 1. The van der Waals surface area contributed by atoms with Gasteiger partial charge in [0.25, 0.3) is 5.22 Å². The largest absolute Gasteiger partial charge is 0.493 e. The lowest BCUT2D eigenvalue weighted by atomic mass is 10.1. The zero-order valence-electron chi connectivity index (χ0n) is 17.4. The number of thioether (sulfide) groups is 1. The molecule has 1 aromatic heterocycles. The molecule has 0 atom stereocenters. The van der Waals surface area contributed by atoms with Gasteiger partial charge in [-0.05, 0) is 39.0 Å². The normalized spacial score (nSPS) is 11.1. The number of carbonyl (C=O) groups is 2. The average Bonchev–Trinajstić information content (AvgIpc) is 3.12. The van der Waals surface area contributed by atoms with Gasteiger partial charge in [-0.25, -0.2) is 0 Å². The fraction of sp³-hybridized carbons (Fsp3) is 0.474. The molecule has 2 rings (SSSR count). The predicted molar refractivity (Wildman–Crippen MR) is 109 cm³/mol. The first-order valence-corrected chi connectivity index (χ1v) is 9.85. The smallest absolute Gasteiger partial charge is 0.277 e. The first-order chi connectivity index (χ1) is 13.6. The van der Waals surface area contributed by atoms with Gasteiger partial charge < -0.3 is 24.1 Å². The Bertz CT molecular complexity index is 863. The third kappa shape index (κ3) is 6.67. The summed E-state index contributed by atoms with van der Waals surface area (Å²) in [5.41, 5.74) is 0.323. The van der Waals surface area contributed by atoms with Crippen LogP contribution < -0.4 is 14.8 Å². The number of hydrogen-bond donors (Lipinski definition) is 1. The summed E-state index contributed by atoms with van der Waals surface area (Å²) in [7, 11) is 4.67. The maximum atomic E-state index is 12.3. The van der Waals surface area contributed by atoms with Gasteiger partial charge in [0.15, 0.2) is 11.5 Å².